The van der Waals surface area contributed by atoms with E-state index in [2.05, 4.69) is 54.2 Å². The molecule has 0 bridgehead atoms. The minimum atomic E-state index is 0.587. The van der Waals surface area contributed by atoms with Crippen LogP contribution in [-0.4, -0.2) is 19.2 Å². The van der Waals surface area contributed by atoms with Gasteiger partial charge in [0.2, 0.25) is 0 Å². The largest absolute Gasteiger partial charge is 0.493 e. The number of hydrogen-bond donors (Lipinski definition) is 1. The van der Waals surface area contributed by atoms with Crippen molar-refractivity contribution in [2.75, 3.05) is 13.2 Å². The van der Waals surface area contributed by atoms with Crippen LogP contribution in [0, 0.1) is 5.92 Å². The molecule has 2 rings (SSSR count). The van der Waals surface area contributed by atoms with E-state index in [0.717, 1.165) is 37.7 Å². The van der Waals surface area contributed by atoms with Gasteiger partial charge in [-0.3, -0.25) is 0 Å². The molecule has 1 atom stereocenters. The van der Waals surface area contributed by atoms with Crippen molar-refractivity contribution in [3.8, 4) is 5.75 Å². The quantitative estimate of drug-likeness (QED) is 0.797. The van der Waals surface area contributed by atoms with Crippen molar-refractivity contribution < 1.29 is 4.74 Å². The third-order valence-electron chi connectivity index (χ3n) is 3.92. The summed E-state index contributed by atoms with van der Waals surface area (Å²) in [6, 6.07) is 5.01. The predicted octanol–water partition coefficient (Wildman–Crippen LogP) is 4.34. The van der Waals surface area contributed by atoms with Crippen LogP contribution in [0.25, 0.3) is 0 Å². The molecule has 0 saturated carbocycles. The fourth-order valence-electron chi connectivity index (χ4n) is 2.70. The van der Waals surface area contributed by atoms with Gasteiger partial charge in [-0.25, -0.2) is 0 Å². The smallest absolute Gasteiger partial charge is 0.125 e. The van der Waals surface area contributed by atoms with Crippen molar-refractivity contribution >= 4 is 15.9 Å². The molecule has 3 heteroatoms. The lowest BCUT2D eigenvalue weighted by molar-refractivity contribution is 0.351. The fraction of sp³-hybridized carbons (Fsp3) is 0.647. The van der Waals surface area contributed by atoms with E-state index in [9.17, 15) is 0 Å². The summed E-state index contributed by atoms with van der Waals surface area (Å²) in [5.74, 6) is 1.90. The summed E-state index contributed by atoms with van der Waals surface area (Å²) in [7, 11) is 0. The van der Waals surface area contributed by atoms with Gasteiger partial charge >= 0.3 is 0 Å². The second-order valence-electron chi connectivity index (χ2n) is 6.19. The number of benzene rings is 1. The van der Waals surface area contributed by atoms with E-state index in [1.54, 1.807) is 0 Å². The lowest BCUT2D eigenvalue weighted by Gasteiger charge is -2.15. The summed E-state index contributed by atoms with van der Waals surface area (Å²) in [5, 5.41) is 3.49. The normalized spacial score (nSPS) is 15.2. The highest BCUT2D eigenvalue weighted by molar-refractivity contribution is 9.10. The molecule has 1 aromatic rings. The maximum atomic E-state index is 5.80. The van der Waals surface area contributed by atoms with Gasteiger partial charge in [0.25, 0.3) is 0 Å². The Balaban J connectivity index is 1.85. The molecule has 2 nitrogen and oxygen atoms in total. The number of rotatable bonds is 7. The third kappa shape index (κ3) is 4.49. The van der Waals surface area contributed by atoms with Gasteiger partial charge in [-0.05, 0) is 55.0 Å². The number of halogens is 1. The van der Waals surface area contributed by atoms with E-state index in [0.29, 0.717) is 6.04 Å². The van der Waals surface area contributed by atoms with Crippen LogP contribution in [0.2, 0.25) is 0 Å². The lowest BCUT2D eigenvalue weighted by atomic mass is 9.96. The molecule has 0 aliphatic carbocycles. The summed E-state index contributed by atoms with van der Waals surface area (Å²) < 4.78 is 6.98. The fourth-order valence-corrected chi connectivity index (χ4v) is 3.25. The monoisotopic (exact) mass is 339 g/mol. The van der Waals surface area contributed by atoms with Crippen LogP contribution in [-0.2, 0) is 12.8 Å². The molecule has 1 N–H and O–H groups in total. The highest BCUT2D eigenvalue weighted by Gasteiger charge is 2.17. The van der Waals surface area contributed by atoms with Crippen LogP contribution in [0.4, 0.5) is 0 Å². The lowest BCUT2D eigenvalue weighted by Crippen LogP contribution is -2.25. The third-order valence-corrected chi connectivity index (χ3v) is 4.38. The maximum Gasteiger partial charge on any atom is 0.125 e. The van der Waals surface area contributed by atoms with Crippen molar-refractivity contribution in [3.05, 3.63) is 27.7 Å². The summed E-state index contributed by atoms with van der Waals surface area (Å²) in [6.07, 6.45) is 4.64. The van der Waals surface area contributed by atoms with Gasteiger partial charge in [-0.1, -0.05) is 36.7 Å². The number of aryl methyl sites for hydroxylation is 1. The second-order valence-corrected chi connectivity index (χ2v) is 7.11. The first-order chi connectivity index (χ1) is 9.56. The molecular formula is C17H26BrNO. The number of hydrogen-bond acceptors (Lipinski definition) is 2. The summed E-state index contributed by atoms with van der Waals surface area (Å²) >= 11 is 3.62. The molecule has 0 aromatic heterocycles. The summed E-state index contributed by atoms with van der Waals surface area (Å²) in [4.78, 5) is 0. The molecule has 20 heavy (non-hydrogen) atoms. The zero-order chi connectivity index (χ0) is 14.5. The van der Waals surface area contributed by atoms with E-state index in [-0.39, 0.29) is 0 Å². The van der Waals surface area contributed by atoms with Crippen LogP contribution in [0.15, 0.2) is 16.6 Å². The average molecular weight is 340 g/mol. The Morgan fingerprint density at radius 3 is 2.80 bits per heavy atom. The Kier molecular flexibility index (Phi) is 5.91. The van der Waals surface area contributed by atoms with Gasteiger partial charge in [0.15, 0.2) is 0 Å². The zero-order valence-electron chi connectivity index (χ0n) is 12.8. The molecule has 112 valence electrons. The molecule has 0 fully saturated rings. The Hall–Kier alpha value is -0.540. The summed E-state index contributed by atoms with van der Waals surface area (Å²) in [5.41, 5.74) is 2.74. The SMILES string of the molecule is CC(CCNC(C)C)CCc1cc(Br)cc2c1OCC2. The molecule has 1 aromatic carbocycles. The molecule has 0 amide bonds. The Morgan fingerprint density at radius 2 is 2.05 bits per heavy atom. The molecule has 1 unspecified atom stereocenters. The van der Waals surface area contributed by atoms with Crippen LogP contribution >= 0.6 is 15.9 Å². The Bertz CT molecular complexity index is 445. The molecule has 1 aliphatic heterocycles. The molecule has 1 heterocycles. The van der Waals surface area contributed by atoms with Crippen LogP contribution < -0.4 is 10.1 Å². The zero-order valence-corrected chi connectivity index (χ0v) is 14.4. The molecule has 1 aliphatic rings. The van der Waals surface area contributed by atoms with Crippen LogP contribution in [0.1, 0.15) is 44.7 Å². The minimum Gasteiger partial charge on any atom is -0.493 e. The Morgan fingerprint density at radius 1 is 1.25 bits per heavy atom. The summed E-state index contributed by atoms with van der Waals surface area (Å²) in [6.45, 7) is 8.71. The van der Waals surface area contributed by atoms with Gasteiger partial charge < -0.3 is 10.1 Å². The van der Waals surface area contributed by atoms with E-state index in [1.165, 1.54) is 28.4 Å². The first kappa shape index (κ1) is 15.8. The van der Waals surface area contributed by atoms with Gasteiger partial charge in [-0.2, -0.15) is 0 Å². The Labute approximate surface area is 131 Å². The standard InChI is InChI=1S/C17H26BrNO/c1-12(2)19-8-6-13(3)4-5-14-10-16(18)11-15-7-9-20-17(14)15/h10-13,19H,4-9H2,1-3H3. The first-order valence-corrected chi connectivity index (χ1v) is 8.53. The minimum absolute atomic E-state index is 0.587. The van der Waals surface area contributed by atoms with Crippen molar-refractivity contribution in [2.24, 2.45) is 5.92 Å². The molecule has 0 radical (unpaired) electrons. The van der Waals surface area contributed by atoms with Gasteiger partial charge in [0.05, 0.1) is 6.61 Å². The first-order valence-electron chi connectivity index (χ1n) is 7.73. The topological polar surface area (TPSA) is 21.3 Å². The number of fused-ring (bicyclic) bond motifs is 1. The van der Waals surface area contributed by atoms with E-state index < -0.39 is 0 Å². The van der Waals surface area contributed by atoms with Gasteiger partial charge in [-0.15, -0.1) is 0 Å². The molecular weight excluding hydrogens is 314 g/mol. The van der Waals surface area contributed by atoms with Crippen LogP contribution in [0.3, 0.4) is 0 Å². The van der Waals surface area contributed by atoms with Crippen molar-refractivity contribution in [3.63, 3.8) is 0 Å². The average Bonchev–Trinajstić information content (AvgIpc) is 2.83. The van der Waals surface area contributed by atoms with Crippen molar-refractivity contribution in [1.29, 1.82) is 0 Å². The molecule has 0 spiro atoms. The van der Waals surface area contributed by atoms with Crippen molar-refractivity contribution in [2.45, 2.75) is 52.5 Å². The van der Waals surface area contributed by atoms with E-state index in [1.807, 2.05) is 0 Å². The van der Waals surface area contributed by atoms with Crippen molar-refractivity contribution in [1.82, 2.24) is 5.32 Å². The highest BCUT2D eigenvalue weighted by atomic mass is 79.9. The van der Waals surface area contributed by atoms with Gasteiger partial charge in [0, 0.05) is 16.9 Å². The highest BCUT2D eigenvalue weighted by Crippen LogP contribution is 2.34. The van der Waals surface area contributed by atoms with E-state index >= 15 is 0 Å². The van der Waals surface area contributed by atoms with E-state index in [4.69, 9.17) is 4.74 Å². The number of nitrogens with one attached hydrogen (secondary N) is 1. The molecule has 0 saturated heterocycles. The number of ether oxygens (including phenoxy) is 1. The van der Waals surface area contributed by atoms with Crippen LogP contribution in [0.5, 0.6) is 5.75 Å². The van der Waals surface area contributed by atoms with Gasteiger partial charge in [0.1, 0.15) is 5.75 Å². The predicted molar refractivity (Wildman–Crippen MR) is 88.6 cm³/mol. The second kappa shape index (κ2) is 7.46. The maximum absolute atomic E-state index is 5.80.